The number of nitrogens with zero attached hydrogens (tertiary/aromatic N) is 2. The van der Waals surface area contributed by atoms with Crippen LogP contribution in [0, 0.1) is 12.8 Å². The Hall–Kier alpha value is -4.92. The van der Waals surface area contributed by atoms with Crippen molar-refractivity contribution >= 4 is 40.4 Å². The number of imidazole rings is 1. The van der Waals surface area contributed by atoms with Gasteiger partial charge < -0.3 is 19.9 Å². The van der Waals surface area contributed by atoms with Crippen molar-refractivity contribution in [2.24, 2.45) is 5.92 Å². The normalized spacial score (nSPS) is 16.8. The first-order valence-corrected chi connectivity index (χ1v) is 12.5. The number of fused-ring (bicyclic) bond motifs is 1. The van der Waals surface area contributed by atoms with Gasteiger partial charge in [-0.25, -0.2) is 9.78 Å². The maximum atomic E-state index is 13.5. The summed E-state index contributed by atoms with van der Waals surface area (Å²) in [6.45, 7) is 6.41. The van der Waals surface area contributed by atoms with Crippen LogP contribution in [0.2, 0.25) is 0 Å². The van der Waals surface area contributed by atoms with Gasteiger partial charge in [-0.2, -0.15) is 0 Å². The molecule has 1 aromatic heterocycles. The number of aromatic amines is 1. The summed E-state index contributed by atoms with van der Waals surface area (Å²) in [5.41, 5.74) is 2.63. The average molecular weight is 526 g/mol. The lowest BCUT2D eigenvalue weighted by Crippen LogP contribution is -2.30. The Morgan fingerprint density at radius 1 is 1.03 bits per heavy atom. The van der Waals surface area contributed by atoms with E-state index in [9.17, 15) is 24.6 Å². The fourth-order valence-corrected chi connectivity index (χ4v) is 4.60. The van der Waals surface area contributed by atoms with Crippen LogP contribution in [0.15, 0.2) is 72.3 Å². The van der Waals surface area contributed by atoms with Gasteiger partial charge in [-0.15, -0.1) is 0 Å². The highest BCUT2D eigenvalue weighted by Gasteiger charge is 2.48. The minimum Gasteiger partial charge on any atom is -0.507 e. The molecular formula is C30H27N3O6. The minimum atomic E-state index is -1.10. The molecule has 39 heavy (non-hydrogen) atoms. The van der Waals surface area contributed by atoms with Crippen LogP contribution in [-0.4, -0.2) is 44.4 Å². The number of benzene rings is 3. The summed E-state index contributed by atoms with van der Waals surface area (Å²) < 4.78 is 5.79. The molecule has 3 aromatic carbocycles. The number of nitrogens with one attached hydrogen (secondary N) is 1. The third-order valence-corrected chi connectivity index (χ3v) is 6.44. The summed E-state index contributed by atoms with van der Waals surface area (Å²) in [5, 5.41) is 20.8. The summed E-state index contributed by atoms with van der Waals surface area (Å²) in [6.07, 6.45) is 0. The molecule has 198 valence electrons. The number of rotatable bonds is 7. The van der Waals surface area contributed by atoms with E-state index in [4.69, 9.17) is 4.74 Å². The highest BCUT2D eigenvalue weighted by Crippen LogP contribution is 2.42. The van der Waals surface area contributed by atoms with E-state index in [2.05, 4.69) is 9.97 Å². The minimum absolute atomic E-state index is 0.0505. The monoisotopic (exact) mass is 525 g/mol. The predicted octanol–water partition coefficient (Wildman–Crippen LogP) is 5.23. The van der Waals surface area contributed by atoms with Crippen molar-refractivity contribution in [3.05, 3.63) is 94.6 Å². The number of carboxylic acid groups (broad SMARTS) is 1. The summed E-state index contributed by atoms with van der Waals surface area (Å²) in [4.78, 5) is 47.1. The first-order valence-electron chi connectivity index (χ1n) is 12.5. The number of carbonyl (C=O) groups excluding carboxylic acids is 2. The van der Waals surface area contributed by atoms with Gasteiger partial charge in [-0.05, 0) is 48.7 Å². The number of carbonyl (C=O) groups is 3. The average Bonchev–Trinajstić information content (AvgIpc) is 3.44. The molecule has 9 nitrogen and oxygen atoms in total. The number of aliphatic hydroxyl groups excluding tert-OH is 1. The summed E-state index contributed by atoms with van der Waals surface area (Å²) >= 11 is 0. The van der Waals surface area contributed by atoms with Crippen molar-refractivity contribution in [2.45, 2.75) is 26.8 Å². The number of H-pyrrole nitrogens is 1. The molecule has 9 heteroatoms. The number of ketones is 1. The van der Waals surface area contributed by atoms with Gasteiger partial charge >= 0.3 is 11.9 Å². The van der Waals surface area contributed by atoms with Crippen molar-refractivity contribution in [1.82, 2.24) is 9.97 Å². The van der Waals surface area contributed by atoms with E-state index in [1.807, 2.05) is 39.0 Å². The van der Waals surface area contributed by atoms with Crippen LogP contribution < -0.4 is 9.64 Å². The van der Waals surface area contributed by atoms with E-state index in [0.717, 1.165) is 5.56 Å². The maximum absolute atomic E-state index is 13.5. The van der Waals surface area contributed by atoms with Gasteiger partial charge in [0.05, 0.1) is 34.8 Å². The lowest BCUT2D eigenvalue weighted by molar-refractivity contribution is -0.132. The van der Waals surface area contributed by atoms with Gasteiger partial charge in [0.15, 0.2) is 0 Å². The largest absolute Gasteiger partial charge is 0.507 e. The van der Waals surface area contributed by atoms with Gasteiger partial charge in [-0.3, -0.25) is 14.5 Å². The number of hydrogen-bond acceptors (Lipinski definition) is 6. The van der Waals surface area contributed by atoms with E-state index >= 15 is 0 Å². The van der Waals surface area contributed by atoms with Crippen LogP contribution in [0.3, 0.4) is 0 Å². The van der Waals surface area contributed by atoms with E-state index < -0.39 is 23.7 Å². The summed E-state index contributed by atoms with van der Waals surface area (Å²) in [6, 6.07) is 17.4. The number of amides is 1. The number of aromatic nitrogens is 2. The molecule has 1 aliphatic rings. The molecule has 1 fully saturated rings. The van der Waals surface area contributed by atoms with Gasteiger partial charge in [0.1, 0.15) is 11.5 Å². The predicted molar refractivity (Wildman–Crippen MR) is 146 cm³/mol. The second-order valence-corrected chi connectivity index (χ2v) is 9.91. The molecule has 0 spiro atoms. The van der Waals surface area contributed by atoms with Crippen LogP contribution in [0.5, 0.6) is 5.75 Å². The molecule has 4 aromatic rings. The number of aliphatic hydroxyl groups is 1. The summed E-state index contributed by atoms with van der Waals surface area (Å²) in [5.74, 6) is -2.28. The SMILES string of the molecule is Cc1cccc(C2/C(=C(\O)c3cccc(OCC(C)C)c3)C(=O)C(=O)N2c2nc3ccc(C(=O)O)cc3[nH]2)c1. The fraction of sp³-hybridized carbons (Fsp3) is 0.200. The van der Waals surface area contributed by atoms with Crippen molar-refractivity contribution in [2.75, 3.05) is 11.5 Å². The molecule has 2 heterocycles. The van der Waals surface area contributed by atoms with E-state index in [-0.39, 0.29) is 22.8 Å². The zero-order valence-electron chi connectivity index (χ0n) is 21.6. The Morgan fingerprint density at radius 3 is 2.51 bits per heavy atom. The van der Waals surface area contributed by atoms with Gasteiger partial charge in [-0.1, -0.05) is 55.8 Å². The molecule has 0 radical (unpaired) electrons. The molecule has 1 unspecified atom stereocenters. The van der Waals surface area contributed by atoms with Crippen molar-refractivity contribution in [3.8, 4) is 5.75 Å². The molecule has 0 bridgehead atoms. The topological polar surface area (TPSA) is 133 Å². The second kappa shape index (κ2) is 10.1. The maximum Gasteiger partial charge on any atom is 0.335 e. The first-order chi connectivity index (χ1) is 18.6. The van der Waals surface area contributed by atoms with Crippen molar-refractivity contribution in [3.63, 3.8) is 0 Å². The molecule has 0 saturated carbocycles. The number of Topliss-reactive ketones (excluding diaryl/α,β-unsaturated/α-hetero) is 1. The number of anilines is 1. The summed E-state index contributed by atoms with van der Waals surface area (Å²) in [7, 11) is 0. The van der Waals surface area contributed by atoms with Crippen molar-refractivity contribution in [1.29, 1.82) is 0 Å². The number of hydrogen-bond donors (Lipinski definition) is 3. The van der Waals surface area contributed by atoms with Crippen LogP contribution in [0.25, 0.3) is 16.8 Å². The number of ether oxygens (including phenoxy) is 1. The van der Waals surface area contributed by atoms with Gasteiger partial charge in [0, 0.05) is 5.56 Å². The van der Waals surface area contributed by atoms with Crippen LogP contribution in [0.1, 0.15) is 46.9 Å². The van der Waals surface area contributed by atoms with Gasteiger partial charge in [0.25, 0.3) is 5.78 Å². The Bertz CT molecular complexity index is 1650. The zero-order valence-corrected chi connectivity index (χ0v) is 21.6. The smallest absolute Gasteiger partial charge is 0.335 e. The number of aromatic carboxylic acids is 1. The van der Waals surface area contributed by atoms with Crippen LogP contribution >= 0.6 is 0 Å². The third kappa shape index (κ3) is 4.86. The van der Waals surface area contributed by atoms with Crippen molar-refractivity contribution < 1.29 is 29.3 Å². The number of aryl methyl sites for hydroxylation is 1. The highest BCUT2D eigenvalue weighted by molar-refractivity contribution is 6.51. The van der Waals surface area contributed by atoms with Crippen LogP contribution in [0.4, 0.5) is 5.95 Å². The zero-order chi connectivity index (χ0) is 27.8. The Kier molecular flexibility index (Phi) is 6.66. The number of carboxylic acids is 1. The van der Waals surface area contributed by atoms with E-state index in [0.29, 0.717) is 40.4 Å². The van der Waals surface area contributed by atoms with E-state index in [1.165, 1.54) is 23.1 Å². The molecule has 1 amide bonds. The molecule has 1 aliphatic heterocycles. The molecule has 5 rings (SSSR count). The Balaban J connectivity index is 1.66. The second-order valence-electron chi connectivity index (χ2n) is 9.91. The lowest BCUT2D eigenvalue weighted by Gasteiger charge is -2.23. The quantitative estimate of drug-likeness (QED) is 0.171. The molecular weight excluding hydrogens is 498 g/mol. The Labute approximate surface area is 224 Å². The van der Waals surface area contributed by atoms with E-state index in [1.54, 1.807) is 30.3 Å². The lowest BCUT2D eigenvalue weighted by atomic mass is 9.94. The third-order valence-electron chi connectivity index (χ3n) is 6.44. The molecule has 1 saturated heterocycles. The fourth-order valence-electron chi connectivity index (χ4n) is 4.60. The molecule has 0 aliphatic carbocycles. The first kappa shape index (κ1) is 25.7. The standard InChI is InChI=1S/C30H27N3O6/c1-16(2)15-39-21-9-5-8-19(13-21)26(34)24-25(18-7-4-6-17(3)12-18)33(28(36)27(24)35)30-31-22-11-10-20(29(37)38)14-23(22)32-30/h4-14,16,25,34H,15H2,1-3H3,(H,31,32)(H,37,38)/b26-24+. The molecule has 3 N–H and O–H groups in total. The van der Waals surface area contributed by atoms with Gasteiger partial charge in [0.2, 0.25) is 5.95 Å². The highest BCUT2D eigenvalue weighted by atomic mass is 16.5. The van der Waals surface area contributed by atoms with Crippen LogP contribution in [-0.2, 0) is 9.59 Å². The Morgan fingerprint density at radius 2 is 1.79 bits per heavy atom. The molecule has 1 atom stereocenters.